The molecular weight excluding hydrogens is 248 g/mol. The van der Waals surface area contributed by atoms with Gasteiger partial charge in [0.25, 0.3) is 0 Å². The van der Waals surface area contributed by atoms with E-state index < -0.39 is 6.03 Å². The van der Waals surface area contributed by atoms with Gasteiger partial charge in [0.2, 0.25) is 5.91 Å². The first-order valence-electron chi connectivity index (χ1n) is 5.74. The number of hydrogen-bond acceptors (Lipinski definition) is 4. The van der Waals surface area contributed by atoms with E-state index in [2.05, 4.69) is 10.4 Å². The van der Waals surface area contributed by atoms with Crippen LogP contribution in [0.3, 0.4) is 0 Å². The van der Waals surface area contributed by atoms with Gasteiger partial charge in [0.1, 0.15) is 5.69 Å². The number of rotatable bonds is 2. The number of urea groups is 1. The van der Waals surface area contributed by atoms with Gasteiger partial charge in [-0.1, -0.05) is 0 Å². The molecule has 1 N–H and O–H groups in total. The number of fused-ring (bicyclic) bond motifs is 1. The summed E-state index contributed by atoms with van der Waals surface area (Å²) in [6, 6.07) is 4.62. The van der Waals surface area contributed by atoms with Gasteiger partial charge in [-0.25, -0.2) is 9.31 Å². The lowest BCUT2D eigenvalue weighted by Gasteiger charge is -2.26. The van der Waals surface area contributed by atoms with Crippen LogP contribution in [-0.2, 0) is 4.79 Å². The van der Waals surface area contributed by atoms with Crippen LogP contribution in [0.25, 0.3) is 5.52 Å². The smallest absolute Gasteiger partial charge is 0.296 e. The number of imide groups is 1. The molecule has 3 amide bonds. The van der Waals surface area contributed by atoms with Crippen molar-refractivity contribution >= 4 is 29.4 Å². The number of aldehydes is 1. The molecule has 0 aromatic carbocycles. The maximum atomic E-state index is 11.8. The summed E-state index contributed by atoms with van der Waals surface area (Å²) in [6.07, 6.45) is 2.59. The molecule has 1 aliphatic heterocycles. The Balaban J connectivity index is 2.09. The molecule has 0 aliphatic carbocycles. The molecule has 3 heterocycles. The summed E-state index contributed by atoms with van der Waals surface area (Å²) in [5.41, 5.74) is 1.56. The maximum Gasteiger partial charge on any atom is 0.328 e. The lowest BCUT2D eigenvalue weighted by Crippen LogP contribution is -2.49. The largest absolute Gasteiger partial charge is 0.328 e. The highest BCUT2D eigenvalue weighted by molar-refractivity contribution is 6.07. The van der Waals surface area contributed by atoms with Crippen LogP contribution in [0, 0.1) is 0 Å². The number of aromatic nitrogens is 2. The second kappa shape index (κ2) is 4.20. The molecule has 1 fully saturated rings. The summed E-state index contributed by atoms with van der Waals surface area (Å²) in [4.78, 5) is 35.2. The number of carbonyl (C=O) groups excluding carboxylic acids is 3. The first-order chi connectivity index (χ1) is 9.19. The van der Waals surface area contributed by atoms with E-state index in [4.69, 9.17) is 0 Å². The Morgan fingerprint density at radius 1 is 1.37 bits per heavy atom. The predicted octanol–water partition coefficient (Wildman–Crippen LogP) is 0.593. The van der Waals surface area contributed by atoms with Crippen molar-refractivity contribution in [3.05, 3.63) is 30.1 Å². The minimum Gasteiger partial charge on any atom is -0.296 e. The Kier molecular flexibility index (Phi) is 2.52. The number of nitrogens with one attached hydrogen (secondary N) is 1. The number of amides is 3. The normalized spacial score (nSPS) is 15.7. The van der Waals surface area contributed by atoms with Crippen molar-refractivity contribution in [2.75, 3.05) is 11.4 Å². The van der Waals surface area contributed by atoms with Gasteiger partial charge in [-0.15, -0.1) is 0 Å². The second-order valence-corrected chi connectivity index (χ2v) is 4.17. The highest BCUT2D eigenvalue weighted by Gasteiger charge is 2.25. The number of nitrogens with zero attached hydrogens (tertiary/aromatic N) is 3. The van der Waals surface area contributed by atoms with Crippen LogP contribution in [0.4, 0.5) is 10.5 Å². The van der Waals surface area contributed by atoms with Crippen LogP contribution in [0.5, 0.6) is 0 Å². The highest BCUT2D eigenvalue weighted by atomic mass is 16.2. The Morgan fingerprint density at radius 2 is 2.21 bits per heavy atom. The first kappa shape index (κ1) is 11.4. The maximum absolute atomic E-state index is 11.8. The number of hydrogen-bond donors (Lipinski definition) is 1. The summed E-state index contributed by atoms with van der Waals surface area (Å²) in [6.45, 7) is 0.311. The van der Waals surface area contributed by atoms with E-state index in [1.807, 2.05) is 0 Å². The zero-order valence-corrected chi connectivity index (χ0v) is 9.87. The SMILES string of the molecule is O=Cc1cc2c(N3CCC(=O)NC3=O)cccn2n1. The van der Waals surface area contributed by atoms with Crippen molar-refractivity contribution in [3.8, 4) is 0 Å². The van der Waals surface area contributed by atoms with Crippen molar-refractivity contribution in [2.45, 2.75) is 6.42 Å². The van der Waals surface area contributed by atoms with E-state index in [0.29, 0.717) is 29.7 Å². The molecular formula is C12H10N4O3. The zero-order valence-electron chi connectivity index (χ0n) is 9.87. The summed E-state index contributed by atoms with van der Waals surface area (Å²) >= 11 is 0. The quantitative estimate of drug-likeness (QED) is 0.799. The standard InChI is InChI=1S/C12H10N4O3/c17-7-8-6-10-9(2-1-4-16(10)14-8)15-5-3-11(18)13-12(15)19/h1-2,4,6-7H,3,5H2,(H,13,18,19). The van der Waals surface area contributed by atoms with Crippen molar-refractivity contribution in [3.63, 3.8) is 0 Å². The molecule has 7 nitrogen and oxygen atoms in total. The molecule has 2 aromatic rings. The summed E-state index contributed by atoms with van der Waals surface area (Å²) in [5.74, 6) is -0.282. The zero-order chi connectivity index (χ0) is 13.4. The number of carbonyl (C=O) groups is 3. The summed E-state index contributed by atoms with van der Waals surface area (Å²) < 4.78 is 1.53. The van der Waals surface area contributed by atoms with Gasteiger partial charge in [0.15, 0.2) is 6.29 Å². The van der Waals surface area contributed by atoms with E-state index in [1.54, 1.807) is 24.4 Å². The van der Waals surface area contributed by atoms with Gasteiger partial charge >= 0.3 is 6.03 Å². The van der Waals surface area contributed by atoms with Gasteiger partial charge in [-0.3, -0.25) is 19.8 Å². The third-order valence-corrected chi connectivity index (χ3v) is 2.96. The van der Waals surface area contributed by atoms with Crippen molar-refractivity contribution in [1.82, 2.24) is 14.9 Å². The van der Waals surface area contributed by atoms with Crippen molar-refractivity contribution in [1.29, 1.82) is 0 Å². The van der Waals surface area contributed by atoms with Crippen LogP contribution in [0.1, 0.15) is 16.9 Å². The number of anilines is 1. The van der Waals surface area contributed by atoms with E-state index in [1.165, 1.54) is 9.42 Å². The van der Waals surface area contributed by atoms with E-state index in [9.17, 15) is 14.4 Å². The van der Waals surface area contributed by atoms with Crippen molar-refractivity contribution in [2.24, 2.45) is 0 Å². The molecule has 0 radical (unpaired) electrons. The third-order valence-electron chi connectivity index (χ3n) is 2.96. The molecule has 0 spiro atoms. The Morgan fingerprint density at radius 3 is 2.95 bits per heavy atom. The molecule has 2 aromatic heterocycles. The van der Waals surface area contributed by atoms with Gasteiger partial charge in [0, 0.05) is 19.2 Å². The molecule has 19 heavy (non-hydrogen) atoms. The first-order valence-corrected chi connectivity index (χ1v) is 5.74. The van der Waals surface area contributed by atoms with Crippen molar-refractivity contribution < 1.29 is 14.4 Å². The number of pyridine rings is 1. The topological polar surface area (TPSA) is 83.8 Å². The molecule has 7 heteroatoms. The minimum absolute atomic E-state index is 0.251. The molecule has 0 saturated carbocycles. The van der Waals surface area contributed by atoms with Gasteiger partial charge in [0.05, 0.1) is 11.2 Å². The molecule has 0 bridgehead atoms. The van der Waals surface area contributed by atoms with Crippen LogP contribution in [-0.4, -0.2) is 34.4 Å². The average molecular weight is 258 g/mol. The Hall–Kier alpha value is -2.70. The van der Waals surface area contributed by atoms with E-state index >= 15 is 0 Å². The second-order valence-electron chi connectivity index (χ2n) is 4.17. The van der Waals surface area contributed by atoms with Gasteiger partial charge < -0.3 is 0 Å². The highest BCUT2D eigenvalue weighted by Crippen LogP contribution is 2.23. The third kappa shape index (κ3) is 1.85. The predicted molar refractivity (Wildman–Crippen MR) is 66.1 cm³/mol. The lowest BCUT2D eigenvalue weighted by molar-refractivity contribution is -0.120. The monoisotopic (exact) mass is 258 g/mol. The van der Waals surface area contributed by atoms with Gasteiger partial charge in [-0.2, -0.15) is 5.10 Å². The molecule has 0 unspecified atom stereocenters. The minimum atomic E-state index is -0.460. The Labute approximate surface area is 107 Å². The summed E-state index contributed by atoms with van der Waals surface area (Å²) in [7, 11) is 0. The Bertz CT molecular complexity index is 691. The van der Waals surface area contributed by atoms with Crippen LogP contribution in [0.2, 0.25) is 0 Å². The fraction of sp³-hybridized carbons (Fsp3) is 0.167. The molecule has 3 rings (SSSR count). The summed E-state index contributed by atoms with van der Waals surface area (Å²) in [5, 5.41) is 6.31. The van der Waals surface area contributed by atoms with E-state index in [-0.39, 0.29) is 12.3 Å². The van der Waals surface area contributed by atoms with E-state index in [0.717, 1.165) is 0 Å². The van der Waals surface area contributed by atoms with Crippen LogP contribution in [0.15, 0.2) is 24.4 Å². The fourth-order valence-corrected chi connectivity index (χ4v) is 2.10. The molecule has 96 valence electrons. The molecule has 0 atom stereocenters. The van der Waals surface area contributed by atoms with Crippen LogP contribution >= 0.6 is 0 Å². The van der Waals surface area contributed by atoms with Crippen LogP contribution < -0.4 is 10.2 Å². The fourth-order valence-electron chi connectivity index (χ4n) is 2.10. The molecule has 1 saturated heterocycles. The molecule has 1 aliphatic rings. The average Bonchev–Trinajstić information content (AvgIpc) is 2.82. The lowest BCUT2D eigenvalue weighted by atomic mass is 10.2. The van der Waals surface area contributed by atoms with Gasteiger partial charge in [-0.05, 0) is 18.2 Å².